The zero-order chi connectivity index (χ0) is 19.0. The van der Waals surface area contributed by atoms with Gasteiger partial charge in [-0.15, -0.1) is 11.3 Å². The van der Waals surface area contributed by atoms with Crippen molar-refractivity contribution in [1.29, 1.82) is 0 Å². The highest BCUT2D eigenvalue weighted by atomic mass is 32.1. The van der Waals surface area contributed by atoms with Crippen molar-refractivity contribution in [1.82, 2.24) is 24.7 Å². The minimum Gasteiger partial charge on any atom is -0.349 e. The normalized spacial score (nSPS) is 11.3. The van der Waals surface area contributed by atoms with Crippen molar-refractivity contribution in [2.24, 2.45) is 0 Å². The first-order chi connectivity index (χ1) is 13.0. The lowest BCUT2D eigenvalue weighted by atomic mass is 10.1. The summed E-state index contributed by atoms with van der Waals surface area (Å²) in [7, 11) is 0. The number of amides is 1. The van der Waals surface area contributed by atoms with Crippen LogP contribution >= 0.6 is 11.3 Å². The summed E-state index contributed by atoms with van der Waals surface area (Å²) in [5.41, 5.74) is 2.46. The van der Waals surface area contributed by atoms with Crippen LogP contribution in [0.3, 0.4) is 0 Å². The lowest BCUT2D eigenvalue weighted by molar-refractivity contribution is 0.0939. The van der Waals surface area contributed by atoms with Crippen molar-refractivity contribution in [2.75, 3.05) is 0 Å². The maximum absolute atomic E-state index is 13.3. The molecule has 0 aliphatic heterocycles. The number of hydrogen-bond donors (Lipinski definition) is 1. The van der Waals surface area contributed by atoms with Crippen molar-refractivity contribution < 1.29 is 9.18 Å². The van der Waals surface area contributed by atoms with Gasteiger partial charge in [0.2, 0.25) is 5.78 Å². The molecular formula is C19H16FN5OS. The molecule has 0 aliphatic carbocycles. The third kappa shape index (κ3) is 3.31. The zero-order valence-electron chi connectivity index (χ0n) is 14.7. The Bertz CT molecular complexity index is 1120. The first kappa shape index (κ1) is 17.3. The van der Waals surface area contributed by atoms with Crippen LogP contribution in [0.15, 0.2) is 48.1 Å². The summed E-state index contributed by atoms with van der Waals surface area (Å²) < 4.78 is 15.2. The number of carbonyl (C=O) groups is 1. The van der Waals surface area contributed by atoms with Gasteiger partial charge < -0.3 is 5.32 Å². The third-order valence-electron chi connectivity index (χ3n) is 3.88. The molecule has 0 atom stereocenters. The molecular weight excluding hydrogens is 365 g/mol. The molecule has 1 N–H and O–H groups in total. The number of fused-ring (bicyclic) bond motifs is 1. The molecule has 1 amide bonds. The summed E-state index contributed by atoms with van der Waals surface area (Å²) in [4.78, 5) is 25.6. The average molecular weight is 381 g/mol. The predicted octanol–water partition coefficient (Wildman–Crippen LogP) is 3.80. The van der Waals surface area contributed by atoms with Crippen LogP contribution in [0, 0.1) is 5.82 Å². The van der Waals surface area contributed by atoms with Crippen LogP contribution in [-0.2, 0) is 0 Å². The summed E-state index contributed by atoms with van der Waals surface area (Å²) in [6.45, 7) is 3.79. The van der Waals surface area contributed by atoms with E-state index in [9.17, 15) is 9.18 Å². The summed E-state index contributed by atoms with van der Waals surface area (Å²) in [6.07, 6.45) is 3.50. The number of rotatable bonds is 4. The smallest absolute Gasteiger partial charge is 0.270 e. The highest BCUT2D eigenvalue weighted by molar-refractivity contribution is 7.13. The lowest BCUT2D eigenvalue weighted by Gasteiger charge is -2.05. The monoisotopic (exact) mass is 381 g/mol. The van der Waals surface area contributed by atoms with E-state index in [1.165, 1.54) is 23.5 Å². The van der Waals surface area contributed by atoms with Crippen LogP contribution in [-0.4, -0.2) is 31.3 Å². The Labute approximate surface area is 158 Å². The van der Waals surface area contributed by atoms with Gasteiger partial charge in [0.05, 0.1) is 0 Å². The minimum atomic E-state index is -0.316. The van der Waals surface area contributed by atoms with E-state index in [1.54, 1.807) is 29.8 Å². The van der Waals surface area contributed by atoms with Crippen molar-refractivity contribution in [2.45, 2.75) is 19.9 Å². The Kier molecular flexibility index (Phi) is 4.41. The second-order valence-electron chi connectivity index (χ2n) is 6.27. The van der Waals surface area contributed by atoms with Crippen LogP contribution in [0.5, 0.6) is 0 Å². The van der Waals surface area contributed by atoms with Gasteiger partial charge in [0.25, 0.3) is 5.91 Å². The van der Waals surface area contributed by atoms with E-state index in [0.717, 1.165) is 11.3 Å². The molecule has 0 saturated heterocycles. The predicted molar refractivity (Wildman–Crippen MR) is 102 cm³/mol. The number of thiazole rings is 1. The maximum Gasteiger partial charge on any atom is 0.270 e. The molecule has 136 valence electrons. The van der Waals surface area contributed by atoms with E-state index in [0.29, 0.717) is 22.2 Å². The molecule has 27 heavy (non-hydrogen) atoms. The minimum absolute atomic E-state index is 0.0254. The van der Waals surface area contributed by atoms with Gasteiger partial charge in [-0.2, -0.15) is 0 Å². The second-order valence-corrected chi connectivity index (χ2v) is 7.13. The number of imidazole rings is 1. The fourth-order valence-electron chi connectivity index (χ4n) is 2.72. The van der Waals surface area contributed by atoms with Crippen molar-refractivity contribution in [3.63, 3.8) is 0 Å². The van der Waals surface area contributed by atoms with Crippen LogP contribution in [0.4, 0.5) is 4.39 Å². The van der Waals surface area contributed by atoms with E-state index in [2.05, 4.69) is 20.3 Å². The zero-order valence-corrected chi connectivity index (χ0v) is 15.5. The summed E-state index contributed by atoms with van der Waals surface area (Å²) >= 11 is 1.35. The van der Waals surface area contributed by atoms with Gasteiger partial charge in [-0.25, -0.2) is 19.3 Å². The fourth-order valence-corrected chi connectivity index (χ4v) is 3.56. The average Bonchev–Trinajstić information content (AvgIpc) is 3.26. The first-order valence-electron chi connectivity index (χ1n) is 8.38. The van der Waals surface area contributed by atoms with E-state index < -0.39 is 0 Å². The Morgan fingerprint density at radius 2 is 2.00 bits per heavy atom. The van der Waals surface area contributed by atoms with Crippen LogP contribution < -0.4 is 5.32 Å². The van der Waals surface area contributed by atoms with Gasteiger partial charge in [0.15, 0.2) is 0 Å². The van der Waals surface area contributed by atoms with E-state index in [4.69, 9.17) is 0 Å². The molecule has 0 fully saturated rings. The van der Waals surface area contributed by atoms with Gasteiger partial charge in [0, 0.05) is 29.4 Å². The Morgan fingerprint density at radius 3 is 2.74 bits per heavy atom. The first-order valence-corrected chi connectivity index (χ1v) is 9.26. The highest BCUT2D eigenvalue weighted by Crippen LogP contribution is 2.34. The quantitative estimate of drug-likeness (QED) is 0.584. The molecule has 4 aromatic rings. The lowest BCUT2D eigenvalue weighted by Crippen LogP contribution is -2.30. The number of aromatic nitrogens is 4. The Hall–Kier alpha value is -3.13. The molecule has 8 heteroatoms. The molecule has 3 aromatic heterocycles. The molecule has 0 saturated carbocycles. The maximum atomic E-state index is 13.3. The van der Waals surface area contributed by atoms with Gasteiger partial charge >= 0.3 is 0 Å². The Morgan fingerprint density at radius 1 is 1.22 bits per heavy atom. The summed E-state index contributed by atoms with van der Waals surface area (Å²) in [6, 6.07) is 7.94. The van der Waals surface area contributed by atoms with E-state index >= 15 is 0 Å². The highest BCUT2D eigenvalue weighted by Gasteiger charge is 2.21. The second kappa shape index (κ2) is 6.88. The van der Waals surface area contributed by atoms with Gasteiger partial charge in [-0.1, -0.05) is 0 Å². The largest absolute Gasteiger partial charge is 0.349 e. The molecule has 0 aliphatic rings. The van der Waals surface area contributed by atoms with Gasteiger partial charge in [0.1, 0.15) is 27.9 Å². The molecule has 0 unspecified atom stereocenters. The van der Waals surface area contributed by atoms with Crippen molar-refractivity contribution in [3.05, 3.63) is 59.6 Å². The van der Waals surface area contributed by atoms with Crippen molar-refractivity contribution >= 4 is 23.0 Å². The van der Waals surface area contributed by atoms with Crippen LogP contribution in [0.1, 0.15) is 24.3 Å². The van der Waals surface area contributed by atoms with Gasteiger partial charge in [-0.3, -0.25) is 9.20 Å². The molecule has 0 radical (unpaired) electrons. The molecule has 0 bridgehead atoms. The summed E-state index contributed by atoms with van der Waals surface area (Å²) in [5, 5.41) is 5.20. The summed E-state index contributed by atoms with van der Waals surface area (Å²) in [5.74, 6) is -0.0259. The number of halogens is 1. The van der Waals surface area contributed by atoms with Crippen LogP contribution in [0.25, 0.3) is 27.7 Å². The van der Waals surface area contributed by atoms with Crippen molar-refractivity contribution in [3.8, 4) is 22.0 Å². The number of carbonyl (C=O) groups excluding carboxylic acids is 1. The molecule has 4 rings (SSSR count). The molecule has 3 heterocycles. The number of nitrogens with one attached hydrogen (secondary N) is 1. The van der Waals surface area contributed by atoms with Crippen LogP contribution in [0.2, 0.25) is 0 Å². The van der Waals surface area contributed by atoms with E-state index in [1.807, 2.05) is 24.4 Å². The molecule has 1 aromatic carbocycles. The SMILES string of the molecule is CC(C)NC(=O)c1csc(-c2c(-c3ccc(F)cc3)nc3ncccn23)n1. The molecule has 0 spiro atoms. The van der Waals surface area contributed by atoms with E-state index in [-0.39, 0.29) is 17.8 Å². The topological polar surface area (TPSA) is 72.2 Å². The Balaban J connectivity index is 1.86. The number of benzene rings is 1. The number of hydrogen-bond acceptors (Lipinski definition) is 5. The molecule has 6 nitrogen and oxygen atoms in total. The third-order valence-corrected chi connectivity index (χ3v) is 4.73. The number of nitrogens with zero attached hydrogens (tertiary/aromatic N) is 4. The standard InChI is InChI=1S/C19H16FN5OS/c1-11(2)22-17(26)14-10-27-18(23-14)16-15(12-4-6-13(20)7-5-12)24-19-21-8-3-9-25(16)19/h3-11H,1-2H3,(H,22,26). The fraction of sp³-hybridized carbons (Fsp3) is 0.158. The van der Waals surface area contributed by atoms with Gasteiger partial charge in [-0.05, 0) is 44.2 Å².